The molecule has 0 aliphatic carbocycles. The van der Waals surface area contributed by atoms with Gasteiger partial charge in [0, 0.05) is 52.2 Å². The van der Waals surface area contributed by atoms with Crippen molar-refractivity contribution in [2.24, 2.45) is 0 Å². The predicted molar refractivity (Wildman–Crippen MR) is 89.1 cm³/mol. The lowest BCUT2D eigenvalue weighted by Crippen LogP contribution is -2.50. The van der Waals surface area contributed by atoms with Crippen molar-refractivity contribution >= 4 is 17.7 Å². The third-order valence-electron chi connectivity index (χ3n) is 3.71. The number of methoxy groups -OCH3 is 1. The van der Waals surface area contributed by atoms with Gasteiger partial charge in [-0.3, -0.25) is 9.78 Å². The highest BCUT2D eigenvalue weighted by Crippen LogP contribution is 2.13. The molecule has 8 nitrogen and oxygen atoms in total. The second kappa shape index (κ2) is 9.07. The van der Waals surface area contributed by atoms with E-state index in [1.165, 1.54) is 0 Å². The second-order valence-electron chi connectivity index (χ2n) is 5.36. The number of carbonyl (C=O) groups excluding carboxylic acids is 2. The van der Waals surface area contributed by atoms with E-state index in [0.717, 1.165) is 5.69 Å². The van der Waals surface area contributed by atoms with Gasteiger partial charge in [-0.25, -0.2) is 4.79 Å². The summed E-state index contributed by atoms with van der Waals surface area (Å²) in [6, 6.07) is 1.78. The van der Waals surface area contributed by atoms with Crippen molar-refractivity contribution in [2.45, 2.75) is 6.92 Å². The number of rotatable bonds is 6. The van der Waals surface area contributed by atoms with E-state index in [-0.39, 0.29) is 12.0 Å². The number of anilines is 1. The Kier molecular flexibility index (Phi) is 6.80. The molecule has 1 aliphatic heterocycles. The van der Waals surface area contributed by atoms with Crippen molar-refractivity contribution in [2.75, 3.05) is 58.4 Å². The number of hydrogen-bond acceptors (Lipinski definition) is 6. The SMILES string of the molecule is CCOC(=O)N1CCN(C(=O)c2cncc(NCCOC)c2)CC1. The van der Waals surface area contributed by atoms with E-state index < -0.39 is 0 Å². The lowest BCUT2D eigenvalue weighted by molar-refractivity contribution is 0.0570. The fourth-order valence-corrected chi connectivity index (χ4v) is 2.44. The first kappa shape index (κ1) is 18.0. The van der Waals surface area contributed by atoms with Gasteiger partial charge < -0.3 is 24.6 Å². The number of ether oxygens (including phenoxy) is 2. The molecule has 8 heteroatoms. The summed E-state index contributed by atoms with van der Waals surface area (Å²) in [5.74, 6) is -0.0820. The topological polar surface area (TPSA) is 84.0 Å². The number of aromatic nitrogens is 1. The minimum absolute atomic E-state index is 0.0820. The zero-order chi connectivity index (χ0) is 17.4. The molecule has 2 amide bonds. The van der Waals surface area contributed by atoms with E-state index in [0.29, 0.717) is 51.5 Å². The standard InChI is InChI=1S/C16H24N4O4/c1-3-24-16(22)20-7-5-19(6-8-20)15(21)13-10-14(12-17-11-13)18-4-9-23-2/h10-12,18H,3-9H2,1-2H3. The van der Waals surface area contributed by atoms with Crippen molar-refractivity contribution in [1.82, 2.24) is 14.8 Å². The molecule has 0 saturated carbocycles. The van der Waals surface area contributed by atoms with Gasteiger partial charge in [-0.1, -0.05) is 0 Å². The molecule has 1 saturated heterocycles. The Morgan fingerprint density at radius 3 is 2.58 bits per heavy atom. The van der Waals surface area contributed by atoms with Gasteiger partial charge in [0.15, 0.2) is 0 Å². The first-order chi connectivity index (χ1) is 11.7. The van der Waals surface area contributed by atoms with Crippen LogP contribution in [0.2, 0.25) is 0 Å². The summed E-state index contributed by atoms with van der Waals surface area (Å²) in [6.45, 7) is 5.28. The first-order valence-electron chi connectivity index (χ1n) is 8.04. The number of hydrogen-bond donors (Lipinski definition) is 1. The molecule has 0 radical (unpaired) electrons. The highest BCUT2D eigenvalue weighted by atomic mass is 16.6. The van der Waals surface area contributed by atoms with Crippen LogP contribution in [0.3, 0.4) is 0 Å². The average molecular weight is 336 g/mol. The number of nitrogens with zero attached hydrogens (tertiary/aromatic N) is 3. The monoisotopic (exact) mass is 336 g/mol. The molecule has 0 bridgehead atoms. The molecule has 0 atom stereocenters. The van der Waals surface area contributed by atoms with Crippen LogP contribution in [0.4, 0.5) is 10.5 Å². The van der Waals surface area contributed by atoms with Gasteiger partial charge in [-0.2, -0.15) is 0 Å². The predicted octanol–water partition coefficient (Wildman–Crippen LogP) is 1.05. The van der Waals surface area contributed by atoms with Crippen LogP contribution < -0.4 is 5.32 Å². The maximum Gasteiger partial charge on any atom is 0.409 e. The minimum atomic E-state index is -0.324. The van der Waals surface area contributed by atoms with Gasteiger partial charge in [0.1, 0.15) is 0 Å². The normalized spacial score (nSPS) is 14.4. The number of amides is 2. The Hall–Kier alpha value is -2.35. The summed E-state index contributed by atoms with van der Waals surface area (Å²) < 4.78 is 9.96. The quantitative estimate of drug-likeness (QED) is 0.782. The highest BCUT2D eigenvalue weighted by Gasteiger charge is 2.25. The molecule has 2 rings (SSSR count). The van der Waals surface area contributed by atoms with Gasteiger partial charge in [0.05, 0.1) is 24.5 Å². The third-order valence-corrected chi connectivity index (χ3v) is 3.71. The van der Waals surface area contributed by atoms with E-state index in [2.05, 4.69) is 10.3 Å². The zero-order valence-electron chi connectivity index (χ0n) is 14.2. The van der Waals surface area contributed by atoms with Crippen LogP contribution in [0.25, 0.3) is 0 Å². The summed E-state index contributed by atoms with van der Waals surface area (Å²) in [6.07, 6.45) is 2.91. The van der Waals surface area contributed by atoms with Crippen LogP contribution in [-0.2, 0) is 9.47 Å². The minimum Gasteiger partial charge on any atom is -0.450 e. The van der Waals surface area contributed by atoms with Crippen molar-refractivity contribution in [3.05, 3.63) is 24.0 Å². The van der Waals surface area contributed by atoms with Crippen LogP contribution in [0.15, 0.2) is 18.5 Å². The van der Waals surface area contributed by atoms with Crippen LogP contribution in [0.5, 0.6) is 0 Å². The number of nitrogens with one attached hydrogen (secondary N) is 1. The Morgan fingerprint density at radius 1 is 1.21 bits per heavy atom. The summed E-state index contributed by atoms with van der Waals surface area (Å²) >= 11 is 0. The Balaban J connectivity index is 1.90. The van der Waals surface area contributed by atoms with E-state index >= 15 is 0 Å². The lowest BCUT2D eigenvalue weighted by Gasteiger charge is -2.34. The molecule has 1 aromatic rings. The number of piperazine rings is 1. The molecule has 1 aromatic heterocycles. The molecule has 0 spiro atoms. The van der Waals surface area contributed by atoms with E-state index in [9.17, 15) is 9.59 Å². The van der Waals surface area contributed by atoms with Crippen molar-refractivity contribution < 1.29 is 19.1 Å². The summed E-state index contributed by atoms with van der Waals surface area (Å²) in [5, 5.41) is 3.15. The van der Waals surface area contributed by atoms with E-state index in [4.69, 9.17) is 9.47 Å². The average Bonchev–Trinajstić information content (AvgIpc) is 2.62. The number of carbonyl (C=O) groups is 2. The second-order valence-corrected chi connectivity index (χ2v) is 5.36. The van der Waals surface area contributed by atoms with Gasteiger partial charge in [-0.15, -0.1) is 0 Å². The van der Waals surface area contributed by atoms with Crippen molar-refractivity contribution in [1.29, 1.82) is 0 Å². The van der Waals surface area contributed by atoms with Gasteiger partial charge in [0.25, 0.3) is 5.91 Å². The smallest absolute Gasteiger partial charge is 0.409 e. The zero-order valence-corrected chi connectivity index (χ0v) is 14.2. The van der Waals surface area contributed by atoms with Crippen molar-refractivity contribution in [3.8, 4) is 0 Å². The molecule has 1 fully saturated rings. The van der Waals surface area contributed by atoms with Crippen LogP contribution >= 0.6 is 0 Å². The first-order valence-corrected chi connectivity index (χ1v) is 8.04. The molecule has 0 aromatic carbocycles. The van der Waals surface area contributed by atoms with E-state index in [1.807, 2.05) is 0 Å². The molecule has 132 valence electrons. The largest absolute Gasteiger partial charge is 0.450 e. The van der Waals surface area contributed by atoms with Crippen LogP contribution in [-0.4, -0.2) is 79.8 Å². The fraction of sp³-hybridized carbons (Fsp3) is 0.562. The molecule has 2 heterocycles. The maximum absolute atomic E-state index is 12.6. The molecule has 1 aliphatic rings. The molecular weight excluding hydrogens is 312 g/mol. The molecule has 1 N–H and O–H groups in total. The Morgan fingerprint density at radius 2 is 1.92 bits per heavy atom. The lowest BCUT2D eigenvalue weighted by atomic mass is 10.2. The Labute approximate surface area is 141 Å². The summed E-state index contributed by atoms with van der Waals surface area (Å²) in [4.78, 5) is 31.7. The fourth-order valence-electron chi connectivity index (χ4n) is 2.44. The van der Waals surface area contributed by atoms with Gasteiger partial charge >= 0.3 is 6.09 Å². The van der Waals surface area contributed by atoms with Gasteiger partial charge in [-0.05, 0) is 13.0 Å². The van der Waals surface area contributed by atoms with Crippen LogP contribution in [0, 0.1) is 0 Å². The maximum atomic E-state index is 12.6. The van der Waals surface area contributed by atoms with E-state index in [1.54, 1.807) is 42.3 Å². The molecule has 24 heavy (non-hydrogen) atoms. The summed E-state index contributed by atoms with van der Waals surface area (Å²) in [7, 11) is 1.63. The highest BCUT2D eigenvalue weighted by molar-refractivity contribution is 5.94. The third kappa shape index (κ3) is 4.82. The van der Waals surface area contributed by atoms with Crippen LogP contribution in [0.1, 0.15) is 17.3 Å². The summed E-state index contributed by atoms with van der Waals surface area (Å²) in [5.41, 5.74) is 1.31. The van der Waals surface area contributed by atoms with Gasteiger partial charge in [0.2, 0.25) is 0 Å². The van der Waals surface area contributed by atoms with Crippen molar-refractivity contribution in [3.63, 3.8) is 0 Å². The Bertz CT molecular complexity index is 559. The molecule has 0 unspecified atom stereocenters. The molecular formula is C16H24N4O4. The number of pyridine rings is 1.